The minimum Gasteiger partial charge on any atom is -0.495 e. The van der Waals surface area contributed by atoms with Crippen molar-refractivity contribution in [3.05, 3.63) is 53.6 Å². The van der Waals surface area contributed by atoms with Crippen molar-refractivity contribution in [3.8, 4) is 5.75 Å². The van der Waals surface area contributed by atoms with Crippen LogP contribution in [0.5, 0.6) is 5.75 Å². The number of nitrogens with zero attached hydrogens (tertiary/aromatic N) is 1. The summed E-state index contributed by atoms with van der Waals surface area (Å²) in [6.45, 7) is 4.50. The Hall–Kier alpha value is -2.91. The summed E-state index contributed by atoms with van der Waals surface area (Å²) in [4.78, 5) is 24.4. The Bertz CT molecular complexity index is 1100. The van der Waals surface area contributed by atoms with Crippen LogP contribution < -0.4 is 10.1 Å². The number of piperidine rings is 1. The number of rotatable bonds is 7. The van der Waals surface area contributed by atoms with Gasteiger partial charge in [-0.15, -0.1) is 0 Å². The lowest BCUT2D eigenvalue weighted by molar-refractivity contribution is -0.120. The number of anilines is 1. The Kier molecular flexibility index (Phi) is 7.76. The summed E-state index contributed by atoms with van der Waals surface area (Å²) in [7, 11) is -0.988. The van der Waals surface area contributed by atoms with Crippen molar-refractivity contribution < 1.29 is 27.5 Å². The highest BCUT2D eigenvalue weighted by atomic mass is 32.2. The summed E-state index contributed by atoms with van der Waals surface area (Å²) < 4.78 is 38.1. The van der Waals surface area contributed by atoms with E-state index in [0.717, 1.165) is 5.56 Å². The standard InChI is InChI=1S/C24H30N2O6S/c1-16(2)19-7-10-21(31-3)22(15-19)33(29,30)26-13-11-17(12-14-26)23(27)25-20-8-5-18(6-9-20)24(28)32-4/h5-10,15-17H,11-14H2,1-4H3,(H,25,27). The fourth-order valence-electron chi connectivity index (χ4n) is 3.80. The largest absolute Gasteiger partial charge is 0.495 e. The highest BCUT2D eigenvalue weighted by Crippen LogP contribution is 2.32. The van der Waals surface area contributed by atoms with Crippen LogP contribution in [0, 0.1) is 5.92 Å². The zero-order valence-electron chi connectivity index (χ0n) is 19.3. The molecule has 33 heavy (non-hydrogen) atoms. The van der Waals surface area contributed by atoms with E-state index in [2.05, 4.69) is 10.1 Å². The van der Waals surface area contributed by atoms with Crippen LogP contribution in [0.1, 0.15) is 48.5 Å². The molecular weight excluding hydrogens is 444 g/mol. The highest BCUT2D eigenvalue weighted by Gasteiger charge is 2.34. The summed E-state index contributed by atoms with van der Waals surface area (Å²) in [5.74, 6) is -0.425. The zero-order valence-corrected chi connectivity index (χ0v) is 20.1. The maximum atomic E-state index is 13.3. The molecule has 1 aliphatic rings. The first-order valence-corrected chi connectivity index (χ1v) is 12.3. The Morgan fingerprint density at radius 1 is 1.03 bits per heavy atom. The van der Waals surface area contributed by atoms with Crippen molar-refractivity contribution in [3.63, 3.8) is 0 Å². The SMILES string of the molecule is COC(=O)c1ccc(NC(=O)C2CCN(S(=O)(=O)c3cc(C(C)C)ccc3OC)CC2)cc1. The molecule has 1 aliphatic heterocycles. The number of hydrogen-bond donors (Lipinski definition) is 1. The lowest BCUT2D eigenvalue weighted by Gasteiger charge is -2.31. The fourth-order valence-corrected chi connectivity index (χ4v) is 5.46. The predicted octanol–water partition coefficient (Wildman–Crippen LogP) is 3.64. The molecule has 8 nitrogen and oxygen atoms in total. The van der Waals surface area contributed by atoms with Gasteiger partial charge >= 0.3 is 5.97 Å². The molecule has 3 rings (SSSR count). The zero-order chi connectivity index (χ0) is 24.2. The van der Waals surface area contributed by atoms with Gasteiger partial charge in [-0.25, -0.2) is 13.2 Å². The maximum Gasteiger partial charge on any atom is 0.337 e. The second-order valence-electron chi connectivity index (χ2n) is 8.30. The average molecular weight is 475 g/mol. The molecule has 2 aromatic carbocycles. The molecule has 0 atom stereocenters. The molecule has 2 aromatic rings. The van der Waals surface area contributed by atoms with E-state index in [1.807, 2.05) is 19.9 Å². The van der Waals surface area contributed by atoms with Gasteiger partial charge in [-0.1, -0.05) is 19.9 Å². The van der Waals surface area contributed by atoms with Gasteiger partial charge in [0.05, 0.1) is 19.8 Å². The predicted molar refractivity (Wildman–Crippen MR) is 125 cm³/mol. The van der Waals surface area contributed by atoms with E-state index >= 15 is 0 Å². The first kappa shape index (κ1) is 24.7. The first-order valence-electron chi connectivity index (χ1n) is 10.8. The Labute approximate surface area is 194 Å². The number of sulfonamides is 1. The van der Waals surface area contributed by atoms with E-state index in [1.165, 1.54) is 18.5 Å². The summed E-state index contributed by atoms with van der Waals surface area (Å²) in [6, 6.07) is 11.7. The molecule has 1 saturated heterocycles. The van der Waals surface area contributed by atoms with Crippen LogP contribution in [0.25, 0.3) is 0 Å². The van der Waals surface area contributed by atoms with Crippen molar-refractivity contribution in [1.82, 2.24) is 4.31 Å². The normalized spacial score (nSPS) is 15.3. The molecule has 0 radical (unpaired) electrons. The number of nitrogens with one attached hydrogen (secondary N) is 1. The van der Waals surface area contributed by atoms with Crippen LogP contribution >= 0.6 is 0 Å². The lowest BCUT2D eigenvalue weighted by atomic mass is 9.97. The van der Waals surface area contributed by atoms with Gasteiger partial charge in [-0.2, -0.15) is 4.31 Å². The monoisotopic (exact) mass is 474 g/mol. The van der Waals surface area contributed by atoms with Gasteiger partial charge < -0.3 is 14.8 Å². The number of carbonyl (C=O) groups is 2. The number of methoxy groups -OCH3 is 2. The third-order valence-corrected chi connectivity index (χ3v) is 7.79. The second kappa shape index (κ2) is 10.4. The van der Waals surface area contributed by atoms with E-state index in [1.54, 1.807) is 36.4 Å². The molecule has 9 heteroatoms. The van der Waals surface area contributed by atoms with Crippen molar-refractivity contribution in [2.24, 2.45) is 5.92 Å². The minimum absolute atomic E-state index is 0.157. The third-order valence-electron chi connectivity index (χ3n) is 5.87. The van der Waals surface area contributed by atoms with Crippen molar-refractivity contribution in [2.45, 2.75) is 37.5 Å². The first-order chi connectivity index (χ1) is 15.7. The molecule has 178 valence electrons. The molecule has 0 saturated carbocycles. The number of esters is 1. The molecule has 0 aromatic heterocycles. The molecule has 0 spiro atoms. The summed E-state index contributed by atoms with van der Waals surface area (Å²) >= 11 is 0. The fraction of sp³-hybridized carbons (Fsp3) is 0.417. The number of carbonyl (C=O) groups excluding carboxylic acids is 2. The average Bonchev–Trinajstić information content (AvgIpc) is 2.83. The van der Waals surface area contributed by atoms with E-state index in [0.29, 0.717) is 29.8 Å². The Balaban J connectivity index is 1.66. The minimum atomic E-state index is -3.75. The molecule has 1 fully saturated rings. The third kappa shape index (κ3) is 5.54. The highest BCUT2D eigenvalue weighted by molar-refractivity contribution is 7.89. The van der Waals surface area contributed by atoms with E-state index in [9.17, 15) is 18.0 Å². The molecule has 1 amide bonds. The summed E-state index contributed by atoms with van der Waals surface area (Å²) in [6.07, 6.45) is 0.828. The van der Waals surface area contributed by atoms with Crippen LogP contribution in [-0.4, -0.2) is 51.9 Å². The molecule has 0 aliphatic carbocycles. The van der Waals surface area contributed by atoms with E-state index < -0.39 is 16.0 Å². The van der Waals surface area contributed by atoms with Crippen LogP contribution in [0.3, 0.4) is 0 Å². The van der Waals surface area contributed by atoms with Crippen LogP contribution in [0.2, 0.25) is 0 Å². The summed E-state index contributed by atoms with van der Waals surface area (Å²) in [5, 5.41) is 2.84. The van der Waals surface area contributed by atoms with Gasteiger partial charge in [0, 0.05) is 24.7 Å². The number of benzene rings is 2. The van der Waals surface area contributed by atoms with E-state index in [-0.39, 0.29) is 35.7 Å². The Morgan fingerprint density at radius 2 is 1.67 bits per heavy atom. The quantitative estimate of drug-likeness (QED) is 0.615. The van der Waals surface area contributed by atoms with E-state index in [4.69, 9.17) is 4.74 Å². The maximum absolute atomic E-state index is 13.3. The van der Waals surface area contributed by atoms with Crippen LogP contribution in [-0.2, 0) is 19.6 Å². The molecule has 0 unspecified atom stereocenters. The smallest absolute Gasteiger partial charge is 0.337 e. The molecule has 1 N–H and O–H groups in total. The van der Waals surface area contributed by atoms with Gasteiger partial charge in [0.2, 0.25) is 15.9 Å². The molecule has 1 heterocycles. The Morgan fingerprint density at radius 3 is 2.21 bits per heavy atom. The van der Waals surface area contributed by atoms with Crippen molar-refractivity contribution in [1.29, 1.82) is 0 Å². The van der Waals surface area contributed by atoms with Gasteiger partial charge in [-0.3, -0.25) is 4.79 Å². The van der Waals surface area contributed by atoms with Gasteiger partial charge in [0.1, 0.15) is 10.6 Å². The van der Waals surface area contributed by atoms with Crippen molar-refractivity contribution >= 4 is 27.6 Å². The number of amides is 1. The van der Waals surface area contributed by atoms with Crippen LogP contribution in [0.4, 0.5) is 5.69 Å². The molecule has 0 bridgehead atoms. The molecular formula is C24H30N2O6S. The van der Waals surface area contributed by atoms with Gasteiger partial charge in [-0.05, 0) is 60.7 Å². The van der Waals surface area contributed by atoms with Gasteiger partial charge in [0.25, 0.3) is 0 Å². The topological polar surface area (TPSA) is 102 Å². The lowest BCUT2D eigenvalue weighted by Crippen LogP contribution is -2.41. The van der Waals surface area contributed by atoms with Crippen molar-refractivity contribution in [2.75, 3.05) is 32.6 Å². The number of hydrogen-bond acceptors (Lipinski definition) is 6. The summed E-state index contributed by atoms with van der Waals surface area (Å²) in [5.41, 5.74) is 1.88. The van der Waals surface area contributed by atoms with Gasteiger partial charge in [0.15, 0.2) is 0 Å². The second-order valence-corrected chi connectivity index (χ2v) is 10.2. The number of ether oxygens (including phenoxy) is 2. The van der Waals surface area contributed by atoms with Crippen LogP contribution in [0.15, 0.2) is 47.4 Å².